The molecule has 0 unspecified atom stereocenters. The molecule has 1 amide bonds. The number of amides is 1. The van der Waals surface area contributed by atoms with E-state index in [1.54, 1.807) is 24.5 Å². The smallest absolute Gasteiger partial charge is 0.267 e. The average Bonchev–Trinajstić information content (AvgIpc) is 2.53. The van der Waals surface area contributed by atoms with Crippen LogP contribution in [0.15, 0.2) is 60.0 Å². The summed E-state index contributed by atoms with van der Waals surface area (Å²) in [6.07, 6.45) is 4.71. The maximum absolute atomic E-state index is 11.9. The highest BCUT2D eigenvalue weighted by atomic mass is 16.2. The van der Waals surface area contributed by atoms with E-state index in [1.165, 1.54) is 5.56 Å². The van der Waals surface area contributed by atoms with Gasteiger partial charge in [0.25, 0.3) is 5.91 Å². The van der Waals surface area contributed by atoms with Crippen molar-refractivity contribution in [3.05, 3.63) is 66.0 Å². The van der Waals surface area contributed by atoms with Crippen molar-refractivity contribution in [2.45, 2.75) is 19.8 Å². The van der Waals surface area contributed by atoms with Crippen LogP contribution in [-0.2, 0) is 6.42 Å². The Morgan fingerprint density at radius 2 is 1.85 bits per heavy atom. The minimum Gasteiger partial charge on any atom is -0.267 e. The van der Waals surface area contributed by atoms with Crippen LogP contribution in [0.1, 0.15) is 29.3 Å². The third kappa shape index (κ3) is 4.02. The second-order valence-corrected chi connectivity index (χ2v) is 4.37. The van der Waals surface area contributed by atoms with Crippen LogP contribution in [0.5, 0.6) is 0 Å². The topological polar surface area (TPSA) is 54.4 Å². The van der Waals surface area contributed by atoms with Gasteiger partial charge in [-0.05, 0) is 24.1 Å². The Hall–Kier alpha value is -2.49. The van der Waals surface area contributed by atoms with Crippen LogP contribution in [0.4, 0.5) is 0 Å². The van der Waals surface area contributed by atoms with Crippen molar-refractivity contribution in [3.63, 3.8) is 0 Å². The lowest BCUT2D eigenvalue weighted by Crippen LogP contribution is -2.20. The highest BCUT2D eigenvalue weighted by molar-refractivity contribution is 5.95. The Kier molecular flexibility index (Phi) is 5.00. The summed E-state index contributed by atoms with van der Waals surface area (Å²) in [7, 11) is 0. The summed E-state index contributed by atoms with van der Waals surface area (Å²) in [5.41, 5.74) is 5.28. The van der Waals surface area contributed by atoms with Crippen LogP contribution in [0.3, 0.4) is 0 Å². The van der Waals surface area contributed by atoms with Crippen molar-refractivity contribution in [1.82, 2.24) is 10.4 Å². The molecule has 1 N–H and O–H groups in total. The fourth-order valence-corrected chi connectivity index (χ4v) is 1.77. The van der Waals surface area contributed by atoms with Gasteiger partial charge in [0.1, 0.15) is 0 Å². The van der Waals surface area contributed by atoms with Gasteiger partial charge in [-0.15, -0.1) is 0 Å². The van der Waals surface area contributed by atoms with E-state index in [-0.39, 0.29) is 5.91 Å². The molecule has 0 bridgehead atoms. The Morgan fingerprint density at radius 1 is 1.15 bits per heavy atom. The molecule has 0 fully saturated rings. The van der Waals surface area contributed by atoms with Gasteiger partial charge in [-0.1, -0.05) is 37.3 Å². The minimum absolute atomic E-state index is 0.216. The lowest BCUT2D eigenvalue weighted by Gasteiger charge is -2.05. The number of benzene rings is 1. The third-order valence-corrected chi connectivity index (χ3v) is 2.92. The highest BCUT2D eigenvalue weighted by Crippen LogP contribution is 2.03. The molecule has 0 radical (unpaired) electrons. The Morgan fingerprint density at radius 3 is 2.50 bits per heavy atom. The number of aromatic nitrogens is 1. The van der Waals surface area contributed by atoms with Gasteiger partial charge in [0.05, 0.1) is 0 Å². The number of rotatable bonds is 5. The zero-order chi connectivity index (χ0) is 14.2. The summed E-state index contributed by atoms with van der Waals surface area (Å²) < 4.78 is 0. The monoisotopic (exact) mass is 267 g/mol. The molecule has 1 aromatic carbocycles. The summed E-state index contributed by atoms with van der Waals surface area (Å²) in [5, 5.41) is 4.21. The van der Waals surface area contributed by atoms with Gasteiger partial charge in [-0.2, -0.15) is 5.10 Å². The van der Waals surface area contributed by atoms with E-state index in [1.807, 2.05) is 25.1 Å². The molecular formula is C16H17N3O. The number of pyridine rings is 1. The molecule has 2 rings (SSSR count). The Labute approximate surface area is 118 Å². The van der Waals surface area contributed by atoms with Gasteiger partial charge in [0.15, 0.2) is 0 Å². The van der Waals surface area contributed by atoms with Crippen LogP contribution in [0.25, 0.3) is 0 Å². The molecule has 2 aromatic rings. The zero-order valence-corrected chi connectivity index (χ0v) is 11.4. The molecule has 1 heterocycles. The summed E-state index contributed by atoms with van der Waals surface area (Å²) in [6, 6.07) is 13.4. The molecule has 20 heavy (non-hydrogen) atoms. The summed E-state index contributed by atoms with van der Waals surface area (Å²) in [4.78, 5) is 15.8. The third-order valence-electron chi connectivity index (χ3n) is 2.92. The first-order valence-corrected chi connectivity index (χ1v) is 6.59. The highest BCUT2D eigenvalue weighted by Gasteiger charge is 2.04. The number of carbonyl (C=O) groups excluding carboxylic acids is 1. The van der Waals surface area contributed by atoms with Crippen LogP contribution in [0, 0.1) is 0 Å². The lowest BCUT2D eigenvalue weighted by atomic mass is 10.1. The lowest BCUT2D eigenvalue weighted by molar-refractivity contribution is 0.0954. The summed E-state index contributed by atoms with van der Waals surface area (Å²) in [5.74, 6) is -0.216. The molecular weight excluding hydrogens is 250 g/mol. The van der Waals surface area contributed by atoms with Crippen molar-refractivity contribution in [3.8, 4) is 0 Å². The van der Waals surface area contributed by atoms with Gasteiger partial charge in [0, 0.05) is 30.1 Å². The first kappa shape index (κ1) is 13.9. The molecule has 0 aliphatic carbocycles. The molecule has 0 saturated heterocycles. The van der Waals surface area contributed by atoms with Crippen LogP contribution < -0.4 is 5.43 Å². The molecule has 0 saturated carbocycles. The maximum Gasteiger partial charge on any atom is 0.271 e. The predicted octanol–water partition coefficient (Wildman–Crippen LogP) is 2.82. The number of carbonyl (C=O) groups is 1. The van der Waals surface area contributed by atoms with Crippen LogP contribution in [-0.4, -0.2) is 16.6 Å². The molecule has 1 aromatic heterocycles. The largest absolute Gasteiger partial charge is 0.271 e. The molecule has 0 aliphatic heterocycles. The first-order chi connectivity index (χ1) is 9.79. The van der Waals surface area contributed by atoms with Crippen molar-refractivity contribution in [2.75, 3.05) is 0 Å². The van der Waals surface area contributed by atoms with E-state index < -0.39 is 0 Å². The molecule has 0 spiro atoms. The fraction of sp³-hybridized carbons (Fsp3) is 0.188. The molecule has 0 atom stereocenters. The van der Waals surface area contributed by atoms with E-state index in [2.05, 4.69) is 27.6 Å². The van der Waals surface area contributed by atoms with Gasteiger partial charge >= 0.3 is 0 Å². The maximum atomic E-state index is 11.9. The summed E-state index contributed by atoms with van der Waals surface area (Å²) in [6.45, 7) is 2.03. The second-order valence-electron chi connectivity index (χ2n) is 4.37. The predicted molar refractivity (Wildman–Crippen MR) is 79.6 cm³/mol. The van der Waals surface area contributed by atoms with Gasteiger partial charge < -0.3 is 0 Å². The van der Waals surface area contributed by atoms with Gasteiger partial charge in [-0.3, -0.25) is 9.78 Å². The van der Waals surface area contributed by atoms with Gasteiger partial charge in [-0.25, -0.2) is 5.43 Å². The number of hydrogen-bond acceptors (Lipinski definition) is 3. The van der Waals surface area contributed by atoms with Crippen LogP contribution in [0.2, 0.25) is 0 Å². The fourth-order valence-electron chi connectivity index (χ4n) is 1.77. The van der Waals surface area contributed by atoms with Crippen molar-refractivity contribution >= 4 is 11.6 Å². The van der Waals surface area contributed by atoms with Crippen LogP contribution >= 0.6 is 0 Å². The number of hydrazone groups is 1. The number of nitrogens with zero attached hydrogens (tertiary/aromatic N) is 2. The minimum atomic E-state index is -0.216. The van der Waals surface area contributed by atoms with E-state index in [4.69, 9.17) is 0 Å². The quantitative estimate of drug-likeness (QED) is 0.669. The normalized spacial score (nSPS) is 11.2. The van der Waals surface area contributed by atoms with E-state index >= 15 is 0 Å². The first-order valence-electron chi connectivity index (χ1n) is 6.59. The number of hydrogen-bond donors (Lipinski definition) is 1. The Bertz CT molecular complexity index is 579. The molecule has 4 nitrogen and oxygen atoms in total. The Balaban J connectivity index is 1.99. The molecule has 102 valence electrons. The molecule has 0 aliphatic rings. The van der Waals surface area contributed by atoms with E-state index in [0.29, 0.717) is 5.56 Å². The zero-order valence-electron chi connectivity index (χ0n) is 11.4. The van der Waals surface area contributed by atoms with Crippen molar-refractivity contribution in [1.29, 1.82) is 0 Å². The molecule has 4 heteroatoms. The van der Waals surface area contributed by atoms with E-state index in [9.17, 15) is 4.79 Å². The number of nitrogens with one attached hydrogen (secondary N) is 1. The average molecular weight is 267 g/mol. The van der Waals surface area contributed by atoms with Gasteiger partial charge in [0.2, 0.25) is 0 Å². The van der Waals surface area contributed by atoms with Crippen molar-refractivity contribution in [2.24, 2.45) is 5.10 Å². The van der Waals surface area contributed by atoms with Crippen molar-refractivity contribution < 1.29 is 4.79 Å². The second kappa shape index (κ2) is 7.19. The van der Waals surface area contributed by atoms with E-state index in [0.717, 1.165) is 18.6 Å². The summed E-state index contributed by atoms with van der Waals surface area (Å²) >= 11 is 0. The standard InChI is InChI=1S/C16H17N3O/c1-2-15(12-13-6-4-3-5-7-13)18-19-16(20)14-8-10-17-11-9-14/h3-11H,2,12H2,1H3,(H,19,20)/b18-15-. The SMILES string of the molecule is CC/C(Cc1ccccc1)=N/NC(=O)c1ccncc1.